The molecule has 2 aromatic heterocycles. The van der Waals surface area contributed by atoms with Crippen LogP contribution < -0.4 is 4.74 Å². The Bertz CT molecular complexity index is 929. The lowest BCUT2D eigenvalue weighted by molar-refractivity contribution is 0.203. The Morgan fingerprint density at radius 1 is 1.11 bits per heavy atom. The van der Waals surface area contributed by atoms with Gasteiger partial charge in [0, 0.05) is 17.8 Å². The summed E-state index contributed by atoms with van der Waals surface area (Å²) in [5, 5.41) is 0. The Labute approximate surface area is 162 Å². The van der Waals surface area contributed by atoms with Crippen molar-refractivity contribution >= 4 is 5.65 Å². The van der Waals surface area contributed by atoms with E-state index >= 15 is 0 Å². The molecule has 142 valence electrons. The third-order valence-electron chi connectivity index (χ3n) is 5.86. The van der Waals surface area contributed by atoms with E-state index < -0.39 is 0 Å². The van der Waals surface area contributed by atoms with Gasteiger partial charge in [-0.15, -0.1) is 0 Å². The van der Waals surface area contributed by atoms with Crippen LogP contribution in [0, 0.1) is 5.41 Å². The maximum Gasteiger partial charge on any atom is 0.136 e. The molecule has 1 unspecified atom stereocenters. The van der Waals surface area contributed by atoms with Crippen molar-refractivity contribution < 1.29 is 4.74 Å². The fourth-order valence-corrected chi connectivity index (χ4v) is 4.32. The number of rotatable bonds is 3. The molecule has 3 nitrogen and oxygen atoms in total. The van der Waals surface area contributed by atoms with Crippen molar-refractivity contribution in [3.8, 4) is 5.75 Å². The number of hydrogen-bond donors (Lipinski definition) is 0. The maximum atomic E-state index is 5.94. The number of pyridine rings is 1. The molecule has 0 fully saturated rings. The first kappa shape index (κ1) is 18.1. The average molecular weight is 363 g/mol. The van der Waals surface area contributed by atoms with Gasteiger partial charge in [-0.2, -0.15) is 0 Å². The van der Waals surface area contributed by atoms with Crippen molar-refractivity contribution in [2.45, 2.75) is 58.8 Å². The predicted molar refractivity (Wildman–Crippen MR) is 111 cm³/mol. The molecule has 1 atom stereocenters. The summed E-state index contributed by atoms with van der Waals surface area (Å²) in [7, 11) is 0. The average Bonchev–Trinajstić information content (AvgIpc) is 3.05. The molecule has 0 saturated heterocycles. The first-order chi connectivity index (χ1) is 12.7. The molecule has 27 heavy (non-hydrogen) atoms. The molecule has 1 aliphatic rings. The third kappa shape index (κ3) is 3.47. The number of nitrogens with zero attached hydrogens (tertiary/aromatic N) is 2. The van der Waals surface area contributed by atoms with Gasteiger partial charge < -0.3 is 9.14 Å². The molecule has 3 heterocycles. The minimum atomic E-state index is -0.0347. The molecule has 1 aromatic carbocycles. The fourth-order valence-electron chi connectivity index (χ4n) is 4.32. The van der Waals surface area contributed by atoms with Gasteiger partial charge in [-0.3, -0.25) is 0 Å². The van der Waals surface area contributed by atoms with Crippen molar-refractivity contribution in [3.63, 3.8) is 0 Å². The SMILES string of the molecule is CC(C)(Cc1ccc2c(c1)C(C(C)(C)C)CCO2)c1cn2ccccc2n1. The number of imidazole rings is 1. The van der Waals surface area contributed by atoms with E-state index in [4.69, 9.17) is 9.72 Å². The van der Waals surface area contributed by atoms with Gasteiger partial charge in [-0.1, -0.05) is 52.8 Å². The van der Waals surface area contributed by atoms with Crippen LogP contribution >= 0.6 is 0 Å². The molecule has 0 spiro atoms. The smallest absolute Gasteiger partial charge is 0.136 e. The molecule has 0 saturated carbocycles. The second-order valence-corrected chi connectivity index (χ2v) is 9.58. The minimum absolute atomic E-state index is 0.0347. The van der Waals surface area contributed by atoms with E-state index in [-0.39, 0.29) is 10.8 Å². The highest BCUT2D eigenvalue weighted by Gasteiger charge is 2.32. The van der Waals surface area contributed by atoms with Crippen molar-refractivity contribution in [2.75, 3.05) is 6.61 Å². The van der Waals surface area contributed by atoms with Crippen LogP contribution in [0.1, 0.15) is 63.8 Å². The summed E-state index contributed by atoms with van der Waals surface area (Å²) in [6, 6.07) is 12.9. The minimum Gasteiger partial charge on any atom is -0.493 e. The first-order valence-corrected chi connectivity index (χ1v) is 9.94. The summed E-state index contributed by atoms with van der Waals surface area (Å²) >= 11 is 0. The van der Waals surface area contributed by atoms with E-state index in [0.29, 0.717) is 5.92 Å². The Hall–Kier alpha value is -2.29. The Kier molecular flexibility index (Phi) is 4.29. The third-order valence-corrected chi connectivity index (χ3v) is 5.86. The van der Waals surface area contributed by atoms with Gasteiger partial charge in [0.1, 0.15) is 11.4 Å². The van der Waals surface area contributed by atoms with Gasteiger partial charge in [0.2, 0.25) is 0 Å². The molecule has 0 bridgehead atoms. The number of hydrogen-bond acceptors (Lipinski definition) is 2. The van der Waals surface area contributed by atoms with E-state index in [1.807, 2.05) is 12.1 Å². The molecular formula is C24H30N2O. The molecule has 0 N–H and O–H groups in total. The quantitative estimate of drug-likeness (QED) is 0.591. The second kappa shape index (κ2) is 6.40. The van der Waals surface area contributed by atoms with Gasteiger partial charge in [0.25, 0.3) is 0 Å². The summed E-state index contributed by atoms with van der Waals surface area (Å²) < 4.78 is 8.05. The van der Waals surface area contributed by atoms with E-state index in [1.54, 1.807) is 0 Å². The highest BCUT2D eigenvalue weighted by atomic mass is 16.5. The van der Waals surface area contributed by atoms with Crippen LogP contribution in [-0.4, -0.2) is 16.0 Å². The monoisotopic (exact) mass is 362 g/mol. The van der Waals surface area contributed by atoms with Crippen molar-refractivity contribution in [3.05, 3.63) is 65.6 Å². The summed E-state index contributed by atoms with van der Waals surface area (Å²) in [5.74, 6) is 1.61. The fraction of sp³-hybridized carbons (Fsp3) is 0.458. The summed E-state index contributed by atoms with van der Waals surface area (Å²) in [6.45, 7) is 12.4. The molecule has 4 rings (SSSR count). The van der Waals surface area contributed by atoms with Gasteiger partial charge in [-0.05, 0) is 53.5 Å². The molecule has 1 aliphatic heterocycles. The van der Waals surface area contributed by atoms with E-state index in [2.05, 4.69) is 75.7 Å². The van der Waals surface area contributed by atoms with E-state index in [1.165, 1.54) is 11.1 Å². The summed E-state index contributed by atoms with van der Waals surface area (Å²) in [6.07, 6.45) is 6.28. The highest BCUT2D eigenvalue weighted by Crippen LogP contribution is 2.45. The van der Waals surface area contributed by atoms with Gasteiger partial charge in [0.15, 0.2) is 0 Å². The lowest BCUT2D eigenvalue weighted by Crippen LogP contribution is -2.26. The standard InChI is InChI=1S/C24H30N2O/c1-23(2,3)19-11-13-27-20-10-9-17(14-18(19)20)15-24(4,5)21-16-26-12-7-6-8-22(26)25-21/h6-10,12,14,16,19H,11,13,15H2,1-5H3. The van der Waals surface area contributed by atoms with Crippen molar-refractivity contribution in [1.82, 2.24) is 9.38 Å². The number of fused-ring (bicyclic) bond motifs is 2. The van der Waals surface area contributed by atoms with Crippen molar-refractivity contribution in [1.29, 1.82) is 0 Å². The molecular weight excluding hydrogens is 332 g/mol. The first-order valence-electron chi connectivity index (χ1n) is 9.94. The normalized spacial score (nSPS) is 17.6. The van der Waals surface area contributed by atoms with Crippen LogP contribution in [0.4, 0.5) is 0 Å². The number of benzene rings is 1. The lowest BCUT2D eigenvalue weighted by atomic mass is 9.73. The zero-order chi connectivity index (χ0) is 19.2. The Morgan fingerprint density at radius 3 is 2.67 bits per heavy atom. The molecule has 0 amide bonds. The van der Waals surface area contributed by atoms with Crippen LogP contribution in [0.5, 0.6) is 5.75 Å². The Balaban J connectivity index is 1.66. The maximum absolute atomic E-state index is 5.94. The number of aromatic nitrogens is 2. The highest BCUT2D eigenvalue weighted by molar-refractivity contribution is 5.44. The summed E-state index contributed by atoms with van der Waals surface area (Å²) in [5.41, 5.74) is 5.08. The van der Waals surface area contributed by atoms with E-state index in [0.717, 1.165) is 36.5 Å². The van der Waals surface area contributed by atoms with Gasteiger partial charge >= 0.3 is 0 Å². The van der Waals surface area contributed by atoms with E-state index in [9.17, 15) is 0 Å². The lowest BCUT2D eigenvalue weighted by Gasteiger charge is -2.36. The zero-order valence-corrected chi connectivity index (χ0v) is 17.1. The molecule has 0 aliphatic carbocycles. The van der Waals surface area contributed by atoms with Crippen molar-refractivity contribution in [2.24, 2.45) is 5.41 Å². The molecule has 3 aromatic rings. The summed E-state index contributed by atoms with van der Waals surface area (Å²) in [4.78, 5) is 4.86. The van der Waals surface area contributed by atoms with Crippen LogP contribution in [-0.2, 0) is 11.8 Å². The Morgan fingerprint density at radius 2 is 1.93 bits per heavy atom. The van der Waals surface area contributed by atoms with Crippen LogP contribution in [0.25, 0.3) is 5.65 Å². The van der Waals surface area contributed by atoms with Gasteiger partial charge in [-0.25, -0.2) is 4.98 Å². The van der Waals surface area contributed by atoms with Crippen LogP contribution in [0.15, 0.2) is 48.8 Å². The largest absolute Gasteiger partial charge is 0.493 e. The van der Waals surface area contributed by atoms with Crippen LogP contribution in [0.2, 0.25) is 0 Å². The van der Waals surface area contributed by atoms with Gasteiger partial charge in [0.05, 0.1) is 12.3 Å². The molecule has 3 heteroatoms. The number of ether oxygens (including phenoxy) is 1. The predicted octanol–water partition coefficient (Wildman–Crippen LogP) is 5.77. The zero-order valence-electron chi connectivity index (χ0n) is 17.1. The topological polar surface area (TPSA) is 26.5 Å². The molecule has 0 radical (unpaired) electrons. The second-order valence-electron chi connectivity index (χ2n) is 9.58. The van der Waals surface area contributed by atoms with Crippen LogP contribution in [0.3, 0.4) is 0 Å².